The number of aliphatic imine (C=N–C) groups is 2. The van der Waals surface area contributed by atoms with Crippen molar-refractivity contribution in [2.75, 3.05) is 0 Å². The Balaban J connectivity index is 2.21. The van der Waals surface area contributed by atoms with Gasteiger partial charge in [-0.2, -0.15) is 0 Å². The predicted octanol–water partition coefficient (Wildman–Crippen LogP) is 4.57. The van der Waals surface area contributed by atoms with Crippen molar-refractivity contribution in [3.05, 3.63) is 60.7 Å². The van der Waals surface area contributed by atoms with Crippen LogP contribution in [-0.4, -0.2) is 11.4 Å². The molecule has 2 aromatic carbocycles. The first-order chi connectivity index (χ1) is 8.75. The molecule has 0 N–H and O–H groups in total. The van der Waals surface area contributed by atoms with Crippen LogP contribution in [0.4, 0.5) is 11.4 Å². The van der Waals surface area contributed by atoms with Gasteiger partial charge in [0.25, 0.3) is 0 Å². The second-order valence-corrected chi connectivity index (χ2v) is 4.07. The van der Waals surface area contributed by atoms with E-state index in [1.807, 2.05) is 74.5 Å². The Morgan fingerprint density at radius 2 is 0.944 bits per heavy atom. The Morgan fingerprint density at radius 1 is 0.611 bits per heavy atom. The average Bonchev–Trinajstić information content (AvgIpc) is 2.41. The van der Waals surface area contributed by atoms with Crippen molar-refractivity contribution < 1.29 is 0 Å². The summed E-state index contributed by atoms with van der Waals surface area (Å²) >= 11 is 0. The van der Waals surface area contributed by atoms with Crippen LogP contribution in [0.3, 0.4) is 0 Å². The van der Waals surface area contributed by atoms with Gasteiger partial charge in [-0.1, -0.05) is 36.4 Å². The molecule has 0 saturated carbocycles. The molecule has 0 radical (unpaired) electrons. The summed E-state index contributed by atoms with van der Waals surface area (Å²) in [5, 5.41) is 0. The quantitative estimate of drug-likeness (QED) is 0.697. The van der Waals surface area contributed by atoms with E-state index < -0.39 is 0 Å². The monoisotopic (exact) mass is 236 g/mol. The van der Waals surface area contributed by atoms with Crippen LogP contribution in [0, 0.1) is 0 Å². The molecule has 0 aliphatic carbocycles. The summed E-state index contributed by atoms with van der Waals surface area (Å²) in [5.41, 5.74) is 3.78. The smallest absolute Gasteiger partial charge is 0.0633 e. The van der Waals surface area contributed by atoms with Crippen molar-refractivity contribution in [2.45, 2.75) is 13.8 Å². The summed E-state index contributed by atoms with van der Waals surface area (Å²) in [5.74, 6) is 0. The zero-order chi connectivity index (χ0) is 12.8. The number of hydrogen-bond acceptors (Lipinski definition) is 2. The van der Waals surface area contributed by atoms with Gasteiger partial charge in [0.05, 0.1) is 22.8 Å². The number of nitrogens with zero attached hydrogens (tertiary/aromatic N) is 2. The molecule has 0 spiro atoms. The van der Waals surface area contributed by atoms with E-state index in [0.29, 0.717) is 0 Å². The number of para-hydroxylation sites is 2. The maximum Gasteiger partial charge on any atom is 0.0633 e. The lowest BCUT2D eigenvalue weighted by Gasteiger charge is -2.01. The molecular weight excluding hydrogens is 220 g/mol. The van der Waals surface area contributed by atoms with Gasteiger partial charge in [-0.15, -0.1) is 0 Å². The van der Waals surface area contributed by atoms with E-state index in [1.54, 1.807) is 0 Å². The zero-order valence-electron chi connectivity index (χ0n) is 10.7. The van der Waals surface area contributed by atoms with E-state index in [4.69, 9.17) is 0 Å². The first-order valence-corrected chi connectivity index (χ1v) is 5.97. The Bertz CT molecular complexity index is 501. The third-order valence-electron chi connectivity index (χ3n) is 2.63. The molecule has 18 heavy (non-hydrogen) atoms. The summed E-state index contributed by atoms with van der Waals surface area (Å²) in [4.78, 5) is 9.08. The highest BCUT2D eigenvalue weighted by molar-refractivity contribution is 6.41. The fraction of sp³-hybridized carbons (Fsp3) is 0.125. The van der Waals surface area contributed by atoms with Gasteiger partial charge >= 0.3 is 0 Å². The summed E-state index contributed by atoms with van der Waals surface area (Å²) in [6, 6.07) is 19.8. The van der Waals surface area contributed by atoms with Crippen molar-refractivity contribution in [1.29, 1.82) is 0 Å². The molecule has 0 amide bonds. The van der Waals surface area contributed by atoms with Crippen LogP contribution in [0.5, 0.6) is 0 Å². The van der Waals surface area contributed by atoms with Gasteiger partial charge in [-0.05, 0) is 38.1 Å². The first-order valence-electron chi connectivity index (χ1n) is 5.97. The minimum absolute atomic E-state index is 0.935. The Hall–Kier alpha value is -2.22. The predicted molar refractivity (Wildman–Crippen MR) is 78.4 cm³/mol. The topological polar surface area (TPSA) is 24.7 Å². The molecule has 2 aromatic rings. The normalized spacial score (nSPS) is 12.6. The summed E-state index contributed by atoms with van der Waals surface area (Å²) in [7, 11) is 0. The van der Waals surface area contributed by atoms with Crippen LogP contribution in [-0.2, 0) is 0 Å². The molecule has 0 unspecified atom stereocenters. The van der Waals surface area contributed by atoms with Crippen molar-refractivity contribution in [1.82, 2.24) is 0 Å². The van der Waals surface area contributed by atoms with Gasteiger partial charge in [0.1, 0.15) is 0 Å². The van der Waals surface area contributed by atoms with Gasteiger partial charge < -0.3 is 0 Å². The highest BCUT2D eigenvalue weighted by Gasteiger charge is 1.98. The molecule has 0 atom stereocenters. The third-order valence-corrected chi connectivity index (χ3v) is 2.63. The van der Waals surface area contributed by atoms with Crippen LogP contribution in [0.25, 0.3) is 0 Å². The van der Waals surface area contributed by atoms with E-state index in [-0.39, 0.29) is 0 Å². The van der Waals surface area contributed by atoms with Crippen LogP contribution >= 0.6 is 0 Å². The standard InChI is InChI=1S/C16H16N2/c1-13(17-15-9-5-3-6-10-15)14(2)18-16-11-7-4-8-12-16/h3-12H,1-2H3/b17-13-,18-14-. The van der Waals surface area contributed by atoms with Gasteiger partial charge in [0.2, 0.25) is 0 Å². The van der Waals surface area contributed by atoms with Crippen LogP contribution in [0.2, 0.25) is 0 Å². The molecule has 0 heterocycles. The molecule has 0 aliphatic rings. The Morgan fingerprint density at radius 3 is 1.28 bits per heavy atom. The minimum Gasteiger partial charge on any atom is -0.252 e. The van der Waals surface area contributed by atoms with Crippen LogP contribution in [0.1, 0.15) is 13.8 Å². The molecule has 0 aliphatic heterocycles. The summed E-state index contributed by atoms with van der Waals surface area (Å²) < 4.78 is 0. The number of benzene rings is 2. The second-order valence-electron chi connectivity index (χ2n) is 4.07. The molecule has 2 nitrogen and oxygen atoms in total. The third kappa shape index (κ3) is 3.39. The molecule has 2 rings (SSSR count). The molecular formula is C16H16N2. The number of rotatable bonds is 3. The van der Waals surface area contributed by atoms with E-state index >= 15 is 0 Å². The maximum absolute atomic E-state index is 4.54. The fourth-order valence-electron chi connectivity index (χ4n) is 1.55. The highest BCUT2D eigenvalue weighted by atomic mass is 14.8. The SMILES string of the molecule is CC(=N/c1ccccc1)/C(C)=N\c1ccccc1. The van der Waals surface area contributed by atoms with Crippen molar-refractivity contribution in [3.63, 3.8) is 0 Å². The van der Waals surface area contributed by atoms with Gasteiger partial charge in [0.15, 0.2) is 0 Å². The maximum atomic E-state index is 4.54. The van der Waals surface area contributed by atoms with E-state index in [0.717, 1.165) is 22.8 Å². The Labute approximate surface area is 108 Å². The minimum atomic E-state index is 0.935. The van der Waals surface area contributed by atoms with Gasteiger partial charge in [-0.25, -0.2) is 0 Å². The van der Waals surface area contributed by atoms with E-state index in [9.17, 15) is 0 Å². The molecule has 2 heteroatoms. The van der Waals surface area contributed by atoms with Crippen molar-refractivity contribution >= 4 is 22.8 Å². The lowest BCUT2D eigenvalue weighted by Crippen LogP contribution is -2.04. The molecule has 0 aromatic heterocycles. The molecule has 0 saturated heterocycles. The fourth-order valence-corrected chi connectivity index (χ4v) is 1.55. The lowest BCUT2D eigenvalue weighted by molar-refractivity contribution is 1.47. The van der Waals surface area contributed by atoms with Gasteiger partial charge in [-0.3, -0.25) is 9.98 Å². The first kappa shape index (κ1) is 12.2. The lowest BCUT2D eigenvalue weighted by atomic mass is 10.2. The Kier molecular flexibility index (Phi) is 4.02. The molecule has 0 fully saturated rings. The van der Waals surface area contributed by atoms with Gasteiger partial charge in [0, 0.05) is 0 Å². The number of hydrogen-bond donors (Lipinski definition) is 0. The van der Waals surface area contributed by atoms with Crippen LogP contribution in [0.15, 0.2) is 70.6 Å². The largest absolute Gasteiger partial charge is 0.252 e. The second kappa shape index (κ2) is 5.92. The van der Waals surface area contributed by atoms with Crippen molar-refractivity contribution in [3.8, 4) is 0 Å². The van der Waals surface area contributed by atoms with Crippen molar-refractivity contribution in [2.24, 2.45) is 9.98 Å². The van der Waals surface area contributed by atoms with Crippen LogP contribution < -0.4 is 0 Å². The molecule has 0 bridgehead atoms. The summed E-state index contributed by atoms with van der Waals surface area (Å²) in [6.07, 6.45) is 0. The highest BCUT2D eigenvalue weighted by Crippen LogP contribution is 2.13. The van der Waals surface area contributed by atoms with E-state index in [2.05, 4.69) is 9.98 Å². The zero-order valence-corrected chi connectivity index (χ0v) is 10.7. The summed E-state index contributed by atoms with van der Waals surface area (Å²) in [6.45, 7) is 3.96. The van der Waals surface area contributed by atoms with E-state index in [1.165, 1.54) is 0 Å². The molecule has 90 valence electrons. The average molecular weight is 236 g/mol.